The van der Waals surface area contributed by atoms with Gasteiger partial charge in [-0.1, -0.05) is 0 Å². The smallest absolute Gasteiger partial charge is 0.169 e. The van der Waals surface area contributed by atoms with Crippen molar-refractivity contribution in [2.75, 3.05) is 34.9 Å². The van der Waals surface area contributed by atoms with E-state index >= 15 is 0 Å². The molecule has 1 saturated carbocycles. The molecule has 1 aliphatic carbocycles. The monoisotopic (exact) mass is 230 g/mol. The maximum atomic E-state index is 5.23. The molecule has 0 heterocycles. The summed E-state index contributed by atoms with van der Waals surface area (Å²) in [6.07, 6.45) is 4.98. The molecule has 0 radical (unpaired) electrons. The number of hydrogen-bond donors (Lipinski definition) is 1. The van der Waals surface area contributed by atoms with Crippen LogP contribution in [0.5, 0.6) is 0 Å². The van der Waals surface area contributed by atoms with Crippen molar-refractivity contribution in [2.45, 2.75) is 44.1 Å². The van der Waals surface area contributed by atoms with E-state index in [1.54, 1.807) is 14.2 Å². The average molecular weight is 230 g/mol. The van der Waals surface area contributed by atoms with E-state index in [2.05, 4.69) is 24.3 Å². The summed E-state index contributed by atoms with van der Waals surface area (Å²) in [5, 5.41) is 3.36. The lowest BCUT2D eigenvalue weighted by Crippen LogP contribution is -2.43. The quantitative estimate of drug-likeness (QED) is 0.692. The fraction of sp³-hybridized carbons (Fsp3) is 1.00. The molecule has 16 heavy (non-hydrogen) atoms. The Labute approximate surface area is 99.3 Å². The van der Waals surface area contributed by atoms with Crippen LogP contribution in [-0.4, -0.2) is 58.1 Å². The Kier molecular flexibility index (Phi) is 6.28. The van der Waals surface area contributed by atoms with Gasteiger partial charge in [0, 0.05) is 32.8 Å². The van der Waals surface area contributed by atoms with Crippen LogP contribution in [-0.2, 0) is 9.47 Å². The summed E-state index contributed by atoms with van der Waals surface area (Å²) in [6, 6.07) is 1.39. The molecule has 1 N–H and O–H groups in total. The average Bonchev–Trinajstić information content (AvgIpc) is 2.35. The Bertz CT molecular complexity index is 178. The standard InChI is InChI=1S/C12H26N2O2/c1-13-10-5-7-11(8-6-10)14(2)9-12(15-3)16-4/h10-13H,5-9H2,1-4H3. The minimum atomic E-state index is -0.105. The predicted molar refractivity (Wildman–Crippen MR) is 65.5 cm³/mol. The van der Waals surface area contributed by atoms with E-state index in [4.69, 9.17) is 9.47 Å². The van der Waals surface area contributed by atoms with Gasteiger partial charge in [0.05, 0.1) is 0 Å². The van der Waals surface area contributed by atoms with Gasteiger partial charge in [-0.2, -0.15) is 0 Å². The van der Waals surface area contributed by atoms with Crippen molar-refractivity contribution in [2.24, 2.45) is 0 Å². The second kappa shape index (κ2) is 7.22. The summed E-state index contributed by atoms with van der Waals surface area (Å²) in [4.78, 5) is 2.36. The minimum Gasteiger partial charge on any atom is -0.355 e. The summed E-state index contributed by atoms with van der Waals surface area (Å²) in [5.41, 5.74) is 0. The lowest BCUT2D eigenvalue weighted by atomic mass is 9.90. The highest BCUT2D eigenvalue weighted by Gasteiger charge is 2.24. The summed E-state index contributed by atoms with van der Waals surface area (Å²) in [6.45, 7) is 0.849. The highest BCUT2D eigenvalue weighted by atomic mass is 16.7. The molecule has 4 nitrogen and oxygen atoms in total. The number of nitrogens with one attached hydrogen (secondary N) is 1. The molecule has 4 heteroatoms. The molecule has 0 unspecified atom stereocenters. The summed E-state index contributed by atoms with van der Waals surface area (Å²) < 4.78 is 10.5. The number of methoxy groups -OCH3 is 2. The summed E-state index contributed by atoms with van der Waals surface area (Å²) in [5.74, 6) is 0. The molecule has 1 aliphatic rings. The van der Waals surface area contributed by atoms with E-state index < -0.39 is 0 Å². The Morgan fingerprint density at radius 1 is 1.19 bits per heavy atom. The second-order valence-electron chi connectivity index (χ2n) is 4.63. The minimum absolute atomic E-state index is 0.105. The molecular weight excluding hydrogens is 204 g/mol. The van der Waals surface area contributed by atoms with Gasteiger partial charge in [0.25, 0.3) is 0 Å². The highest BCUT2D eigenvalue weighted by Crippen LogP contribution is 2.22. The van der Waals surface area contributed by atoms with Gasteiger partial charge in [0.2, 0.25) is 0 Å². The molecule has 0 aliphatic heterocycles. The first-order chi connectivity index (χ1) is 7.71. The van der Waals surface area contributed by atoms with E-state index in [0.29, 0.717) is 12.1 Å². The van der Waals surface area contributed by atoms with E-state index in [9.17, 15) is 0 Å². The maximum Gasteiger partial charge on any atom is 0.169 e. The molecule has 96 valence electrons. The van der Waals surface area contributed by atoms with Crippen LogP contribution >= 0.6 is 0 Å². The van der Waals surface area contributed by atoms with Gasteiger partial charge < -0.3 is 14.8 Å². The van der Waals surface area contributed by atoms with E-state index in [1.165, 1.54) is 25.7 Å². The Hall–Kier alpha value is -0.160. The molecule has 0 spiro atoms. The molecule has 0 aromatic heterocycles. The zero-order valence-corrected chi connectivity index (χ0v) is 11.0. The lowest BCUT2D eigenvalue weighted by molar-refractivity contribution is -0.118. The number of rotatable bonds is 6. The highest BCUT2D eigenvalue weighted by molar-refractivity contribution is 4.81. The molecule has 0 aromatic rings. The van der Waals surface area contributed by atoms with Crippen LogP contribution in [0.4, 0.5) is 0 Å². The van der Waals surface area contributed by atoms with Crippen LogP contribution in [0.15, 0.2) is 0 Å². The van der Waals surface area contributed by atoms with E-state index in [-0.39, 0.29) is 6.29 Å². The molecule has 0 bridgehead atoms. The van der Waals surface area contributed by atoms with Crippen molar-refractivity contribution < 1.29 is 9.47 Å². The molecule has 1 fully saturated rings. The van der Waals surface area contributed by atoms with E-state index in [1.807, 2.05) is 0 Å². The maximum absolute atomic E-state index is 5.23. The number of ether oxygens (including phenoxy) is 2. The van der Waals surface area contributed by atoms with Gasteiger partial charge in [-0.25, -0.2) is 0 Å². The third kappa shape index (κ3) is 4.01. The molecule has 0 amide bonds. The van der Waals surface area contributed by atoms with E-state index in [0.717, 1.165) is 6.54 Å². The third-order valence-electron chi connectivity index (χ3n) is 3.69. The summed E-state index contributed by atoms with van der Waals surface area (Å²) >= 11 is 0. The first-order valence-electron chi connectivity index (χ1n) is 6.14. The number of nitrogens with zero attached hydrogens (tertiary/aromatic N) is 1. The van der Waals surface area contributed by atoms with Crippen molar-refractivity contribution in [3.05, 3.63) is 0 Å². The van der Waals surface area contributed by atoms with Crippen LogP contribution in [0.2, 0.25) is 0 Å². The zero-order valence-electron chi connectivity index (χ0n) is 11.0. The first-order valence-corrected chi connectivity index (χ1v) is 6.14. The van der Waals surface area contributed by atoms with Gasteiger partial charge in [0.15, 0.2) is 6.29 Å². The SMILES string of the molecule is CNC1CCC(N(C)CC(OC)OC)CC1. The largest absolute Gasteiger partial charge is 0.355 e. The van der Waals surface area contributed by atoms with Crippen molar-refractivity contribution in [1.29, 1.82) is 0 Å². The first kappa shape index (κ1) is 13.9. The van der Waals surface area contributed by atoms with Gasteiger partial charge in [-0.05, 0) is 39.8 Å². The van der Waals surface area contributed by atoms with Gasteiger partial charge in [0.1, 0.15) is 0 Å². The van der Waals surface area contributed by atoms with Gasteiger partial charge in [-0.15, -0.1) is 0 Å². The van der Waals surface area contributed by atoms with Crippen LogP contribution in [0.1, 0.15) is 25.7 Å². The Morgan fingerprint density at radius 2 is 1.75 bits per heavy atom. The fourth-order valence-corrected chi connectivity index (χ4v) is 2.43. The van der Waals surface area contributed by atoms with Crippen molar-refractivity contribution in [3.63, 3.8) is 0 Å². The van der Waals surface area contributed by atoms with Crippen LogP contribution in [0.3, 0.4) is 0 Å². The number of likely N-dealkylation sites (N-methyl/N-ethyl adjacent to an activating group) is 1. The molecule has 0 atom stereocenters. The van der Waals surface area contributed by atoms with Crippen molar-refractivity contribution in [3.8, 4) is 0 Å². The second-order valence-corrected chi connectivity index (χ2v) is 4.63. The number of hydrogen-bond acceptors (Lipinski definition) is 4. The van der Waals surface area contributed by atoms with Crippen LogP contribution in [0, 0.1) is 0 Å². The molecule has 0 aromatic carbocycles. The molecule has 1 rings (SSSR count). The Balaban J connectivity index is 2.29. The summed E-state index contributed by atoms with van der Waals surface area (Å²) in [7, 11) is 7.61. The van der Waals surface area contributed by atoms with Gasteiger partial charge >= 0.3 is 0 Å². The fourth-order valence-electron chi connectivity index (χ4n) is 2.43. The van der Waals surface area contributed by atoms with Crippen LogP contribution < -0.4 is 5.32 Å². The third-order valence-corrected chi connectivity index (χ3v) is 3.69. The lowest BCUT2D eigenvalue weighted by Gasteiger charge is -2.35. The molecular formula is C12H26N2O2. The Morgan fingerprint density at radius 3 is 2.19 bits per heavy atom. The predicted octanol–water partition coefficient (Wildman–Crippen LogP) is 1.07. The topological polar surface area (TPSA) is 33.7 Å². The molecule has 0 saturated heterocycles. The van der Waals surface area contributed by atoms with Crippen molar-refractivity contribution >= 4 is 0 Å². The van der Waals surface area contributed by atoms with Gasteiger partial charge in [-0.3, -0.25) is 4.90 Å². The van der Waals surface area contributed by atoms with Crippen molar-refractivity contribution in [1.82, 2.24) is 10.2 Å². The zero-order chi connectivity index (χ0) is 12.0. The normalized spacial score (nSPS) is 26.6. The van der Waals surface area contributed by atoms with Crippen LogP contribution in [0.25, 0.3) is 0 Å².